The lowest BCUT2D eigenvalue weighted by Gasteiger charge is -2.23. The van der Waals surface area contributed by atoms with Crippen LogP contribution in [0.4, 0.5) is 5.69 Å². The normalized spacial score (nSPS) is 13.6. The molecule has 5 nitrogen and oxygen atoms in total. The van der Waals surface area contributed by atoms with Gasteiger partial charge in [-0.15, -0.1) is 0 Å². The molecule has 1 aromatic heterocycles. The van der Waals surface area contributed by atoms with E-state index in [-0.39, 0.29) is 17.0 Å². The van der Waals surface area contributed by atoms with Crippen LogP contribution in [0, 0.1) is 5.41 Å². The van der Waals surface area contributed by atoms with Crippen LogP contribution < -0.4 is 10.9 Å². The molecule has 20 heavy (non-hydrogen) atoms. The Morgan fingerprint density at radius 3 is 2.55 bits per heavy atom. The fourth-order valence-corrected chi connectivity index (χ4v) is 2.37. The number of aliphatic hydroxyl groups is 1. The van der Waals surface area contributed by atoms with Gasteiger partial charge in [0.25, 0.3) is 5.56 Å². The van der Waals surface area contributed by atoms with Crippen LogP contribution in [0.15, 0.2) is 15.5 Å². The van der Waals surface area contributed by atoms with Gasteiger partial charge >= 0.3 is 0 Å². The van der Waals surface area contributed by atoms with E-state index in [1.54, 1.807) is 6.20 Å². The lowest BCUT2D eigenvalue weighted by atomic mass is 9.89. The van der Waals surface area contributed by atoms with Gasteiger partial charge in [-0.25, -0.2) is 4.68 Å². The predicted octanol–water partition coefficient (Wildman–Crippen LogP) is 2.80. The number of aliphatic hydroxyl groups excluding tert-OH is 1. The number of nitrogens with one attached hydrogen (secondary N) is 1. The molecule has 0 aromatic carbocycles. The van der Waals surface area contributed by atoms with Crippen LogP contribution in [-0.2, 0) is 0 Å². The van der Waals surface area contributed by atoms with E-state index in [2.05, 4.69) is 47.1 Å². The van der Waals surface area contributed by atoms with Gasteiger partial charge < -0.3 is 10.4 Å². The molecule has 0 fully saturated rings. The molecule has 0 radical (unpaired) electrons. The molecule has 0 aliphatic carbocycles. The van der Waals surface area contributed by atoms with Gasteiger partial charge in [0.15, 0.2) is 0 Å². The molecule has 0 aliphatic rings. The maximum Gasteiger partial charge on any atom is 0.283 e. The molecule has 1 heterocycles. The number of hydrogen-bond acceptors (Lipinski definition) is 4. The van der Waals surface area contributed by atoms with Gasteiger partial charge in [0, 0.05) is 6.54 Å². The van der Waals surface area contributed by atoms with E-state index in [0.29, 0.717) is 23.1 Å². The molecule has 0 spiro atoms. The SMILES string of the molecule is CC(C)n1ncc(NCC(O)CC(C)(C)C)c(Br)c1=O. The zero-order valence-corrected chi connectivity index (χ0v) is 14.4. The van der Waals surface area contributed by atoms with Crippen molar-refractivity contribution in [1.82, 2.24) is 9.78 Å². The van der Waals surface area contributed by atoms with Crippen LogP contribution in [0.1, 0.15) is 47.1 Å². The second-order valence-corrected chi connectivity index (χ2v) is 7.31. The van der Waals surface area contributed by atoms with Crippen molar-refractivity contribution >= 4 is 21.6 Å². The third kappa shape index (κ3) is 4.90. The molecule has 1 rings (SSSR count). The molecular weight excluding hydrogens is 322 g/mol. The van der Waals surface area contributed by atoms with E-state index >= 15 is 0 Å². The van der Waals surface area contributed by atoms with Crippen molar-refractivity contribution in [3.63, 3.8) is 0 Å². The Bertz CT molecular complexity index is 506. The van der Waals surface area contributed by atoms with Crippen LogP contribution in [0.25, 0.3) is 0 Å². The van der Waals surface area contributed by atoms with Crippen molar-refractivity contribution in [2.45, 2.75) is 53.2 Å². The van der Waals surface area contributed by atoms with E-state index in [1.807, 2.05) is 13.8 Å². The fraction of sp³-hybridized carbons (Fsp3) is 0.714. The van der Waals surface area contributed by atoms with E-state index in [0.717, 1.165) is 0 Å². The zero-order valence-electron chi connectivity index (χ0n) is 12.8. The van der Waals surface area contributed by atoms with E-state index in [9.17, 15) is 9.90 Å². The van der Waals surface area contributed by atoms with Gasteiger partial charge in [0.1, 0.15) is 4.47 Å². The van der Waals surface area contributed by atoms with Crippen molar-refractivity contribution in [3.05, 3.63) is 21.0 Å². The standard InChI is InChI=1S/C14H24BrN3O2/c1-9(2)18-13(20)12(15)11(8-17-18)16-7-10(19)6-14(3,4)5/h8-10,16,19H,6-7H2,1-5H3. The number of aromatic nitrogens is 2. The van der Waals surface area contributed by atoms with Gasteiger partial charge in [-0.05, 0) is 41.6 Å². The third-order valence-corrected chi connectivity index (χ3v) is 3.58. The fourth-order valence-electron chi connectivity index (χ4n) is 1.94. The summed E-state index contributed by atoms with van der Waals surface area (Å²) in [6, 6.07) is 0.0133. The lowest BCUT2D eigenvalue weighted by Crippen LogP contribution is -2.28. The maximum atomic E-state index is 12.1. The zero-order chi connectivity index (χ0) is 15.5. The Morgan fingerprint density at radius 1 is 1.45 bits per heavy atom. The summed E-state index contributed by atoms with van der Waals surface area (Å²) < 4.78 is 1.87. The maximum absolute atomic E-state index is 12.1. The van der Waals surface area contributed by atoms with Crippen molar-refractivity contribution in [2.24, 2.45) is 5.41 Å². The van der Waals surface area contributed by atoms with Crippen molar-refractivity contribution < 1.29 is 5.11 Å². The number of anilines is 1. The summed E-state index contributed by atoms with van der Waals surface area (Å²) in [5.41, 5.74) is 0.507. The summed E-state index contributed by atoms with van der Waals surface area (Å²) in [4.78, 5) is 12.1. The lowest BCUT2D eigenvalue weighted by molar-refractivity contribution is 0.132. The van der Waals surface area contributed by atoms with E-state index in [1.165, 1.54) is 4.68 Å². The van der Waals surface area contributed by atoms with Crippen molar-refractivity contribution in [2.75, 3.05) is 11.9 Å². The first-order valence-corrected chi connectivity index (χ1v) is 7.60. The molecule has 0 bridgehead atoms. The molecule has 1 aromatic rings. The van der Waals surface area contributed by atoms with Gasteiger partial charge in [-0.1, -0.05) is 20.8 Å². The first kappa shape index (κ1) is 17.2. The molecular formula is C14H24BrN3O2. The Hall–Kier alpha value is -0.880. The molecule has 0 amide bonds. The van der Waals surface area contributed by atoms with Gasteiger partial charge in [-0.2, -0.15) is 5.10 Å². The Balaban J connectivity index is 2.75. The smallest absolute Gasteiger partial charge is 0.283 e. The highest BCUT2D eigenvalue weighted by molar-refractivity contribution is 9.10. The second-order valence-electron chi connectivity index (χ2n) is 6.52. The number of rotatable bonds is 5. The minimum Gasteiger partial charge on any atom is -0.391 e. The largest absolute Gasteiger partial charge is 0.391 e. The summed E-state index contributed by atoms with van der Waals surface area (Å²) >= 11 is 3.29. The molecule has 0 aliphatic heterocycles. The molecule has 0 saturated heterocycles. The summed E-state index contributed by atoms with van der Waals surface area (Å²) in [6.45, 7) is 10.4. The average molecular weight is 346 g/mol. The van der Waals surface area contributed by atoms with Crippen LogP contribution in [0.3, 0.4) is 0 Å². The van der Waals surface area contributed by atoms with Crippen molar-refractivity contribution in [1.29, 1.82) is 0 Å². The van der Waals surface area contributed by atoms with Crippen LogP contribution in [-0.4, -0.2) is 27.5 Å². The highest BCUT2D eigenvalue weighted by atomic mass is 79.9. The highest BCUT2D eigenvalue weighted by Crippen LogP contribution is 2.22. The molecule has 6 heteroatoms. The first-order chi connectivity index (χ1) is 9.11. The minimum atomic E-state index is -0.463. The number of hydrogen-bond donors (Lipinski definition) is 2. The minimum absolute atomic E-state index is 0.0133. The quantitative estimate of drug-likeness (QED) is 0.860. The van der Waals surface area contributed by atoms with Crippen LogP contribution in [0.5, 0.6) is 0 Å². The third-order valence-electron chi connectivity index (χ3n) is 2.81. The van der Waals surface area contributed by atoms with Gasteiger partial charge in [-0.3, -0.25) is 4.79 Å². The first-order valence-electron chi connectivity index (χ1n) is 6.81. The number of nitrogens with zero attached hydrogens (tertiary/aromatic N) is 2. The van der Waals surface area contributed by atoms with E-state index in [4.69, 9.17) is 0 Å². The summed E-state index contributed by atoms with van der Waals surface area (Å²) in [6.07, 6.45) is 1.83. The second kappa shape index (κ2) is 6.72. The predicted molar refractivity (Wildman–Crippen MR) is 85.2 cm³/mol. The van der Waals surface area contributed by atoms with Crippen LogP contribution >= 0.6 is 15.9 Å². The summed E-state index contributed by atoms with van der Waals surface area (Å²) in [5.74, 6) is 0. The summed E-state index contributed by atoms with van der Waals surface area (Å²) in [7, 11) is 0. The topological polar surface area (TPSA) is 67.2 Å². The van der Waals surface area contributed by atoms with Gasteiger partial charge in [0.05, 0.1) is 24.0 Å². The summed E-state index contributed by atoms with van der Waals surface area (Å²) in [5, 5.41) is 17.2. The van der Waals surface area contributed by atoms with Gasteiger partial charge in [0.2, 0.25) is 0 Å². The molecule has 2 N–H and O–H groups in total. The Kier molecular flexibility index (Phi) is 5.77. The van der Waals surface area contributed by atoms with Crippen molar-refractivity contribution in [3.8, 4) is 0 Å². The van der Waals surface area contributed by atoms with E-state index < -0.39 is 6.10 Å². The molecule has 1 atom stereocenters. The molecule has 114 valence electrons. The molecule has 0 saturated carbocycles. The Labute approximate surface area is 128 Å². The average Bonchev–Trinajstić information content (AvgIpc) is 2.28. The number of halogens is 1. The molecule has 1 unspecified atom stereocenters. The monoisotopic (exact) mass is 345 g/mol. The Morgan fingerprint density at radius 2 is 2.05 bits per heavy atom. The highest BCUT2D eigenvalue weighted by Gasteiger charge is 2.17. The van der Waals surface area contributed by atoms with Crippen LogP contribution in [0.2, 0.25) is 0 Å².